The molecule has 0 aromatic carbocycles. The zero-order valence-electron chi connectivity index (χ0n) is 11.9. The first-order chi connectivity index (χ1) is 8.31. The van der Waals surface area contributed by atoms with Crippen LogP contribution in [0.5, 0.6) is 0 Å². The number of ketones is 1. The van der Waals surface area contributed by atoms with E-state index in [1.807, 2.05) is 27.7 Å². The van der Waals surface area contributed by atoms with E-state index in [2.05, 4.69) is 5.32 Å². The highest BCUT2D eigenvalue weighted by Crippen LogP contribution is 2.31. The van der Waals surface area contributed by atoms with Crippen LogP contribution >= 0.6 is 0 Å². The number of carbonyl (C=O) groups excluding carboxylic acids is 2. The van der Waals surface area contributed by atoms with Crippen molar-refractivity contribution in [3.63, 3.8) is 0 Å². The predicted octanol–water partition coefficient (Wildman–Crippen LogP) is 3.05. The van der Waals surface area contributed by atoms with Gasteiger partial charge in [-0.15, -0.1) is 0 Å². The molecule has 1 N–H and O–H groups in total. The van der Waals surface area contributed by atoms with Gasteiger partial charge in [0.15, 0.2) is 0 Å². The lowest BCUT2D eigenvalue weighted by Gasteiger charge is -2.23. The lowest BCUT2D eigenvalue weighted by atomic mass is 10.0. The van der Waals surface area contributed by atoms with Crippen molar-refractivity contribution in [3.05, 3.63) is 0 Å². The Bertz CT molecular complexity index is 303. The maximum Gasteiger partial charge on any atom is 0.407 e. The van der Waals surface area contributed by atoms with Crippen LogP contribution < -0.4 is 5.32 Å². The molecule has 1 amide bonds. The fourth-order valence-electron chi connectivity index (χ4n) is 1.86. The summed E-state index contributed by atoms with van der Waals surface area (Å²) in [5.74, 6) is 0.536. The van der Waals surface area contributed by atoms with Crippen LogP contribution in [-0.2, 0) is 9.53 Å². The van der Waals surface area contributed by atoms with Crippen molar-refractivity contribution in [3.8, 4) is 0 Å². The van der Waals surface area contributed by atoms with Gasteiger partial charge in [-0.05, 0) is 40.0 Å². The molecule has 1 aliphatic rings. The van der Waals surface area contributed by atoms with E-state index < -0.39 is 11.7 Å². The summed E-state index contributed by atoms with van der Waals surface area (Å²) in [5, 5.41) is 2.81. The maximum absolute atomic E-state index is 11.8. The molecule has 1 aliphatic carbocycles. The van der Waals surface area contributed by atoms with Gasteiger partial charge in [-0.25, -0.2) is 4.79 Å². The number of hydrogen-bond donors (Lipinski definition) is 1. The van der Waals surface area contributed by atoms with Gasteiger partial charge in [-0.1, -0.05) is 13.3 Å². The third-order valence-electron chi connectivity index (χ3n) is 2.84. The number of alkyl carbamates (subject to hydrolysis) is 1. The monoisotopic (exact) mass is 255 g/mol. The summed E-state index contributed by atoms with van der Waals surface area (Å²) in [7, 11) is 0. The number of nitrogens with one attached hydrogen (secondary N) is 1. The van der Waals surface area contributed by atoms with Gasteiger partial charge in [0.2, 0.25) is 0 Å². The van der Waals surface area contributed by atoms with E-state index in [0.29, 0.717) is 6.42 Å². The lowest BCUT2D eigenvalue weighted by Crippen LogP contribution is -2.40. The Hall–Kier alpha value is -1.06. The third-order valence-corrected chi connectivity index (χ3v) is 2.84. The second kappa shape index (κ2) is 6.21. The number of amides is 1. The molecule has 0 aromatic heterocycles. The van der Waals surface area contributed by atoms with Crippen LogP contribution in [0.15, 0.2) is 0 Å². The smallest absolute Gasteiger partial charge is 0.407 e. The zero-order valence-corrected chi connectivity index (χ0v) is 11.9. The van der Waals surface area contributed by atoms with E-state index in [9.17, 15) is 9.59 Å². The zero-order chi connectivity index (χ0) is 13.8. The Morgan fingerprint density at radius 1 is 1.33 bits per heavy atom. The quantitative estimate of drug-likeness (QED) is 0.793. The van der Waals surface area contributed by atoms with Gasteiger partial charge in [-0.2, -0.15) is 0 Å². The molecule has 0 bridgehead atoms. The van der Waals surface area contributed by atoms with E-state index in [1.54, 1.807) is 0 Å². The predicted molar refractivity (Wildman–Crippen MR) is 70.4 cm³/mol. The summed E-state index contributed by atoms with van der Waals surface area (Å²) in [5.41, 5.74) is -0.499. The normalized spacial score (nSPS) is 17.1. The lowest BCUT2D eigenvalue weighted by molar-refractivity contribution is -0.120. The average Bonchev–Trinajstić information content (AvgIpc) is 2.96. The van der Waals surface area contributed by atoms with Crippen molar-refractivity contribution in [1.82, 2.24) is 5.32 Å². The minimum Gasteiger partial charge on any atom is -0.444 e. The Morgan fingerprint density at radius 2 is 1.94 bits per heavy atom. The van der Waals surface area contributed by atoms with Gasteiger partial charge in [0, 0.05) is 18.4 Å². The van der Waals surface area contributed by atoms with Gasteiger partial charge < -0.3 is 10.1 Å². The number of Topliss-reactive ketones (excluding diaryl/α,β-unsaturated/α-hetero) is 1. The Morgan fingerprint density at radius 3 is 2.39 bits per heavy atom. The highest BCUT2D eigenvalue weighted by Gasteiger charge is 2.31. The van der Waals surface area contributed by atoms with Gasteiger partial charge in [-0.3, -0.25) is 4.79 Å². The minimum atomic E-state index is -0.499. The van der Waals surface area contributed by atoms with Crippen molar-refractivity contribution in [2.24, 2.45) is 5.92 Å². The summed E-state index contributed by atoms with van der Waals surface area (Å²) < 4.78 is 5.21. The van der Waals surface area contributed by atoms with E-state index >= 15 is 0 Å². The van der Waals surface area contributed by atoms with Crippen LogP contribution in [0, 0.1) is 5.92 Å². The fourth-order valence-corrected chi connectivity index (χ4v) is 1.86. The molecule has 0 heterocycles. The molecule has 0 aromatic rings. The van der Waals surface area contributed by atoms with Gasteiger partial charge in [0.05, 0.1) is 0 Å². The first-order valence-electron chi connectivity index (χ1n) is 6.84. The molecular formula is C14H25NO3. The van der Waals surface area contributed by atoms with E-state index in [0.717, 1.165) is 25.7 Å². The molecule has 1 saturated carbocycles. The summed E-state index contributed by atoms with van der Waals surface area (Å²) in [6.45, 7) is 7.54. The molecule has 4 heteroatoms. The fraction of sp³-hybridized carbons (Fsp3) is 0.857. The van der Waals surface area contributed by atoms with Crippen molar-refractivity contribution in [2.75, 3.05) is 0 Å². The van der Waals surface area contributed by atoms with Gasteiger partial charge in [0.25, 0.3) is 0 Å². The van der Waals surface area contributed by atoms with E-state index in [4.69, 9.17) is 4.74 Å². The Balaban J connectivity index is 2.40. The molecule has 104 valence electrons. The highest BCUT2D eigenvalue weighted by molar-refractivity contribution is 5.84. The molecule has 1 rings (SSSR count). The molecule has 1 fully saturated rings. The van der Waals surface area contributed by atoms with Crippen molar-refractivity contribution < 1.29 is 14.3 Å². The number of ether oxygens (including phenoxy) is 1. The first-order valence-corrected chi connectivity index (χ1v) is 6.84. The molecular weight excluding hydrogens is 230 g/mol. The molecule has 1 atom stereocenters. The van der Waals surface area contributed by atoms with Crippen LogP contribution in [0.2, 0.25) is 0 Å². The SMILES string of the molecule is CCCC(CC(=O)C1CC1)NC(=O)OC(C)(C)C. The minimum absolute atomic E-state index is 0.0852. The van der Waals surface area contributed by atoms with Crippen molar-refractivity contribution in [2.45, 2.75) is 71.4 Å². The average molecular weight is 255 g/mol. The summed E-state index contributed by atoms with van der Waals surface area (Å²) in [6.07, 6.45) is 3.81. The van der Waals surface area contributed by atoms with Crippen LogP contribution in [0.1, 0.15) is 59.8 Å². The van der Waals surface area contributed by atoms with Crippen LogP contribution in [0.4, 0.5) is 4.79 Å². The van der Waals surface area contributed by atoms with Crippen molar-refractivity contribution >= 4 is 11.9 Å². The summed E-state index contributed by atoms with van der Waals surface area (Å²) in [6, 6.07) is -0.0852. The molecule has 18 heavy (non-hydrogen) atoms. The number of rotatable bonds is 6. The van der Waals surface area contributed by atoms with Crippen molar-refractivity contribution in [1.29, 1.82) is 0 Å². The second-order valence-electron chi connectivity index (χ2n) is 6.08. The van der Waals surface area contributed by atoms with E-state index in [-0.39, 0.29) is 17.7 Å². The molecule has 0 saturated heterocycles. The second-order valence-corrected chi connectivity index (χ2v) is 6.08. The molecule has 0 spiro atoms. The summed E-state index contributed by atoms with van der Waals surface area (Å²) in [4.78, 5) is 23.4. The Labute approximate surface area is 109 Å². The molecule has 0 radical (unpaired) electrons. The molecule has 0 aliphatic heterocycles. The molecule has 4 nitrogen and oxygen atoms in total. The first kappa shape index (κ1) is 15.0. The van der Waals surface area contributed by atoms with E-state index in [1.165, 1.54) is 0 Å². The van der Waals surface area contributed by atoms with Gasteiger partial charge in [0.1, 0.15) is 11.4 Å². The number of hydrogen-bond acceptors (Lipinski definition) is 3. The molecule has 1 unspecified atom stereocenters. The van der Waals surface area contributed by atoms with Crippen LogP contribution in [0.3, 0.4) is 0 Å². The van der Waals surface area contributed by atoms with Crippen LogP contribution in [-0.4, -0.2) is 23.5 Å². The third kappa shape index (κ3) is 6.03. The largest absolute Gasteiger partial charge is 0.444 e. The number of carbonyl (C=O) groups is 2. The maximum atomic E-state index is 11.8. The summed E-state index contributed by atoms with van der Waals surface area (Å²) >= 11 is 0. The topological polar surface area (TPSA) is 55.4 Å². The van der Waals surface area contributed by atoms with Crippen LogP contribution in [0.25, 0.3) is 0 Å². The Kier molecular flexibility index (Phi) is 5.17. The standard InChI is InChI=1S/C14H25NO3/c1-5-6-11(9-12(16)10-7-8-10)15-13(17)18-14(2,3)4/h10-11H,5-9H2,1-4H3,(H,15,17). The van der Waals surface area contributed by atoms with Gasteiger partial charge >= 0.3 is 6.09 Å². The highest BCUT2D eigenvalue weighted by atomic mass is 16.6.